The summed E-state index contributed by atoms with van der Waals surface area (Å²) in [5.41, 5.74) is 0. The molecule has 0 aromatic heterocycles. The Morgan fingerprint density at radius 1 is 1.00 bits per heavy atom. The third-order valence-electron chi connectivity index (χ3n) is 3.65. The fraction of sp³-hybridized carbons (Fsp3) is 0.875. The van der Waals surface area contributed by atoms with Crippen LogP contribution in [-0.4, -0.2) is 16.9 Å². The summed E-state index contributed by atoms with van der Waals surface area (Å²) in [5, 5.41) is 8.21. The second-order valence-corrected chi connectivity index (χ2v) is 5.36. The van der Waals surface area contributed by atoms with Crippen LogP contribution in [0.3, 0.4) is 0 Å². The van der Waals surface area contributed by atoms with Gasteiger partial charge in [0.1, 0.15) is 5.78 Å². The van der Waals surface area contributed by atoms with Crippen LogP contribution < -0.4 is 0 Å². The quantitative estimate of drug-likeness (QED) is 0.688. The van der Waals surface area contributed by atoms with Crippen molar-refractivity contribution in [3.05, 3.63) is 0 Å². The van der Waals surface area contributed by atoms with Gasteiger partial charge in [-0.3, -0.25) is 9.59 Å². The van der Waals surface area contributed by atoms with Crippen molar-refractivity contribution in [2.45, 2.75) is 84.5 Å². The van der Waals surface area contributed by atoms with Gasteiger partial charge < -0.3 is 5.11 Å². The van der Waals surface area contributed by atoms with Crippen LogP contribution in [0, 0.1) is 5.92 Å². The van der Waals surface area contributed by atoms with Gasteiger partial charge in [0.2, 0.25) is 0 Å². The molecule has 0 unspecified atom stereocenters. The summed E-state index contributed by atoms with van der Waals surface area (Å²) in [6, 6.07) is 0. The average molecular weight is 270 g/mol. The summed E-state index contributed by atoms with van der Waals surface area (Å²) in [6.07, 6.45) is 11.5. The van der Waals surface area contributed by atoms with E-state index >= 15 is 0 Å². The standard InChI is InChI=1S/C9H16O.C7H14O2/c1-2-9(10)8-6-4-3-5-7-8;1-2-3-4-5-6-7(8)9/h8H,2-7H2,1H3;2-6H2,1H3,(H,8,9). The molecule has 0 saturated heterocycles. The minimum atomic E-state index is -0.675. The Balaban J connectivity index is 0.000000344. The summed E-state index contributed by atoms with van der Waals surface area (Å²) < 4.78 is 0. The monoisotopic (exact) mass is 270 g/mol. The molecule has 112 valence electrons. The molecular weight excluding hydrogens is 240 g/mol. The number of carboxylic acid groups (broad SMARTS) is 1. The van der Waals surface area contributed by atoms with Gasteiger partial charge in [-0.1, -0.05) is 52.4 Å². The van der Waals surface area contributed by atoms with E-state index in [0.717, 1.165) is 38.5 Å². The second kappa shape index (κ2) is 12.2. The zero-order valence-corrected chi connectivity index (χ0v) is 12.6. The van der Waals surface area contributed by atoms with Crippen molar-refractivity contribution in [1.29, 1.82) is 0 Å². The molecule has 0 aromatic carbocycles. The fourth-order valence-electron chi connectivity index (χ4n) is 2.42. The van der Waals surface area contributed by atoms with Crippen molar-refractivity contribution in [3.63, 3.8) is 0 Å². The highest BCUT2D eigenvalue weighted by atomic mass is 16.4. The molecule has 1 aliphatic rings. The fourth-order valence-corrected chi connectivity index (χ4v) is 2.42. The van der Waals surface area contributed by atoms with Gasteiger partial charge in [-0.2, -0.15) is 0 Å². The number of hydrogen-bond acceptors (Lipinski definition) is 2. The van der Waals surface area contributed by atoms with Gasteiger partial charge in [0.05, 0.1) is 0 Å². The lowest BCUT2D eigenvalue weighted by molar-refractivity contribution is -0.137. The summed E-state index contributed by atoms with van der Waals surface area (Å²) in [6.45, 7) is 4.08. The average Bonchev–Trinajstić information content (AvgIpc) is 2.44. The minimum Gasteiger partial charge on any atom is -0.481 e. The van der Waals surface area contributed by atoms with E-state index in [4.69, 9.17) is 5.11 Å². The lowest BCUT2D eigenvalue weighted by Gasteiger charge is -2.19. The maximum absolute atomic E-state index is 11.2. The predicted molar refractivity (Wildman–Crippen MR) is 78.3 cm³/mol. The Bertz CT molecular complexity index is 242. The Hall–Kier alpha value is -0.860. The SMILES string of the molecule is CCC(=O)C1CCCCC1.CCCCCCC(=O)O. The number of rotatable bonds is 7. The molecule has 0 amide bonds. The smallest absolute Gasteiger partial charge is 0.303 e. The largest absolute Gasteiger partial charge is 0.481 e. The summed E-state index contributed by atoms with van der Waals surface area (Å²) >= 11 is 0. The Morgan fingerprint density at radius 2 is 1.63 bits per heavy atom. The van der Waals surface area contributed by atoms with E-state index in [9.17, 15) is 9.59 Å². The molecule has 0 aromatic rings. The molecule has 19 heavy (non-hydrogen) atoms. The van der Waals surface area contributed by atoms with Gasteiger partial charge >= 0.3 is 5.97 Å². The molecule has 1 aliphatic carbocycles. The van der Waals surface area contributed by atoms with Crippen molar-refractivity contribution >= 4 is 11.8 Å². The molecule has 1 N–H and O–H groups in total. The first-order valence-corrected chi connectivity index (χ1v) is 7.86. The van der Waals surface area contributed by atoms with Crippen LogP contribution in [0.2, 0.25) is 0 Å². The Kier molecular flexibility index (Phi) is 11.6. The molecule has 0 radical (unpaired) electrons. The summed E-state index contributed by atoms with van der Waals surface area (Å²) in [7, 11) is 0. The third kappa shape index (κ3) is 10.7. The number of carbonyl (C=O) groups excluding carboxylic acids is 1. The second-order valence-electron chi connectivity index (χ2n) is 5.36. The number of ketones is 1. The molecule has 1 fully saturated rings. The third-order valence-corrected chi connectivity index (χ3v) is 3.65. The van der Waals surface area contributed by atoms with E-state index in [-0.39, 0.29) is 0 Å². The molecule has 0 atom stereocenters. The summed E-state index contributed by atoms with van der Waals surface area (Å²) in [4.78, 5) is 21.1. The van der Waals surface area contributed by atoms with Crippen LogP contribution in [0.1, 0.15) is 84.5 Å². The Morgan fingerprint density at radius 3 is 2.11 bits per heavy atom. The van der Waals surface area contributed by atoms with Crippen molar-refractivity contribution in [1.82, 2.24) is 0 Å². The van der Waals surface area contributed by atoms with Gasteiger partial charge in [0.25, 0.3) is 0 Å². The number of carboxylic acids is 1. The molecule has 0 bridgehead atoms. The van der Waals surface area contributed by atoms with Crippen LogP contribution in [0.15, 0.2) is 0 Å². The maximum atomic E-state index is 11.2. The van der Waals surface area contributed by atoms with Crippen molar-refractivity contribution in [2.24, 2.45) is 5.92 Å². The number of Topliss-reactive ketones (excluding diaryl/α,β-unsaturated/α-hetero) is 1. The van der Waals surface area contributed by atoms with Gasteiger partial charge in [0.15, 0.2) is 0 Å². The first-order valence-electron chi connectivity index (χ1n) is 7.86. The molecule has 0 aliphatic heterocycles. The van der Waals surface area contributed by atoms with E-state index in [1.165, 1.54) is 25.7 Å². The van der Waals surface area contributed by atoms with Crippen LogP contribution in [0.5, 0.6) is 0 Å². The highest BCUT2D eigenvalue weighted by Gasteiger charge is 2.18. The summed E-state index contributed by atoms with van der Waals surface area (Å²) in [5.74, 6) is 0.240. The van der Waals surface area contributed by atoms with Crippen LogP contribution in [0.25, 0.3) is 0 Å². The van der Waals surface area contributed by atoms with Crippen LogP contribution >= 0.6 is 0 Å². The minimum absolute atomic E-state index is 0.333. The van der Waals surface area contributed by atoms with Crippen molar-refractivity contribution in [2.75, 3.05) is 0 Å². The molecule has 3 heteroatoms. The van der Waals surface area contributed by atoms with Crippen LogP contribution in [0.4, 0.5) is 0 Å². The van der Waals surface area contributed by atoms with E-state index in [2.05, 4.69) is 6.92 Å². The zero-order chi connectivity index (χ0) is 14.5. The lowest BCUT2D eigenvalue weighted by atomic mass is 9.85. The topological polar surface area (TPSA) is 54.4 Å². The van der Waals surface area contributed by atoms with Gasteiger partial charge in [-0.15, -0.1) is 0 Å². The zero-order valence-electron chi connectivity index (χ0n) is 12.6. The van der Waals surface area contributed by atoms with Gasteiger partial charge in [0, 0.05) is 18.8 Å². The van der Waals surface area contributed by atoms with E-state index < -0.39 is 5.97 Å². The van der Waals surface area contributed by atoms with Gasteiger partial charge in [-0.25, -0.2) is 0 Å². The van der Waals surface area contributed by atoms with E-state index in [1.807, 2.05) is 6.92 Å². The first kappa shape index (κ1) is 18.1. The highest BCUT2D eigenvalue weighted by molar-refractivity contribution is 5.80. The van der Waals surface area contributed by atoms with E-state index in [0.29, 0.717) is 18.1 Å². The molecular formula is C16H30O3. The van der Waals surface area contributed by atoms with Crippen molar-refractivity contribution in [3.8, 4) is 0 Å². The molecule has 0 spiro atoms. The molecule has 1 saturated carbocycles. The highest BCUT2D eigenvalue weighted by Crippen LogP contribution is 2.24. The first-order chi connectivity index (χ1) is 9.11. The number of hydrogen-bond donors (Lipinski definition) is 1. The number of carbonyl (C=O) groups is 2. The number of aliphatic carboxylic acids is 1. The van der Waals surface area contributed by atoms with Crippen molar-refractivity contribution < 1.29 is 14.7 Å². The van der Waals surface area contributed by atoms with Gasteiger partial charge in [-0.05, 0) is 19.3 Å². The maximum Gasteiger partial charge on any atom is 0.303 e. The molecule has 0 heterocycles. The molecule has 1 rings (SSSR count). The Labute approximate surface area is 117 Å². The van der Waals surface area contributed by atoms with E-state index in [1.54, 1.807) is 0 Å². The predicted octanol–water partition coefficient (Wildman–Crippen LogP) is 4.59. The normalized spacial score (nSPS) is 15.5. The van der Waals surface area contributed by atoms with Crippen LogP contribution in [-0.2, 0) is 9.59 Å². The lowest BCUT2D eigenvalue weighted by Crippen LogP contribution is -2.16. The molecule has 3 nitrogen and oxygen atoms in total. The number of unbranched alkanes of at least 4 members (excludes halogenated alkanes) is 3.